The molecule has 0 spiro atoms. The van der Waals surface area contributed by atoms with E-state index in [9.17, 15) is 14.7 Å². The SMILES string of the molecule is CC(C)N1C(=O)COC(C(=O)O)C1c1ccc(Cl)c(Br)c1. The number of carboxylic acid groups (broad SMARTS) is 1. The van der Waals surface area contributed by atoms with Crippen LogP contribution in [0.25, 0.3) is 0 Å². The van der Waals surface area contributed by atoms with Crippen molar-refractivity contribution in [3.8, 4) is 0 Å². The van der Waals surface area contributed by atoms with Gasteiger partial charge >= 0.3 is 5.97 Å². The zero-order chi connectivity index (χ0) is 15.7. The topological polar surface area (TPSA) is 66.8 Å². The van der Waals surface area contributed by atoms with Gasteiger partial charge in [-0.05, 0) is 47.5 Å². The highest BCUT2D eigenvalue weighted by atomic mass is 79.9. The smallest absolute Gasteiger partial charge is 0.335 e. The summed E-state index contributed by atoms with van der Waals surface area (Å²) in [6.45, 7) is 3.47. The number of nitrogens with zero attached hydrogens (tertiary/aromatic N) is 1. The lowest BCUT2D eigenvalue weighted by molar-refractivity contribution is -0.175. The van der Waals surface area contributed by atoms with Crippen molar-refractivity contribution < 1.29 is 19.4 Å². The van der Waals surface area contributed by atoms with Gasteiger partial charge < -0.3 is 14.7 Å². The van der Waals surface area contributed by atoms with Gasteiger partial charge in [0.2, 0.25) is 5.91 Å². The van der Waals surface area contributed by atoms with Crippen LogP contribution in [0.3, 0.4) is 0 Å². The highest BCUT2D eigenvalue weighted by Crippen LogP contribution is 2.35. The number of rotatable bonds is 3. The minimum atomic E-state index is -1.10. The van der Waals surface area contributed by atoms with Gasteiger partial charge in [-0.1, -0.05) is 17.7 Å². The zero-order valence-electron chi connectivity index (χ0n) is 11.5. The summed E-state index contributed by atoms with van der Waals surface area (Å²) in [5.74, 6) is -1.32. The third kappa shape index (κ3) is 3.22. The molecule has 1 aromatic rings. The summed E-state index contributed by atoms with van der Waals surface area (Å²) in [6, 6.07) is 4.28. The molecule has 1 amide bonds. The van der Waals surface area contributed by atoms with E-state index in [1.54, 1.807) is 23.1 Å². The fraction of sp³-hybridized carbons (Fsp3) is 0.429. The molecule has 5 nitrogen and oxygen atoms in total. The number of carbonyl (C=O) groups is 2. The van der Waals surface area contributed by atoms with Crippen molar-refractivity contribution in [1.29, 1.82) is 0 Å². The van der Waals surface area contributed by atoms with Crippen molar-refractivity contribution in [3.05, 3.63) is 33.3 Å². The van der Waals surface area contributed by atoms with Crippen molar-refractivity contribution in [2.24, 2.45) is 0 Å². The summed E-state index contributed by atoms with van der Waals surface area (Å²) in [5.41, 5.74) is 0.667. The minimum Gasteiger partial charge on any atom is -0.479 e. The van der Waals surface area contributed by atoms with Crippen LogP contribution in [0.5, 0.6) is 0 Å². The summed E-state index contributed by atoms with van der Waals surface area (Å²) in [6.07, 6.45) is -1.10. The van der Waals surface area contributed by atoms with Crippen molar-refractivity contribution in [3.63, 3.8) is 0 Å². The van der Waals surface area contributed by atoms with Crippen LogP contribution in [0.1, 0.15) is 25.5 Å². The normalized spacial score (nSPS) is 22.7. The monoisotopic (exact) mass is 375 g/mol. The van der Waals surface area contributed by atoms with Gasteiger partial charge in [-0.3, -0.25) is 4.79 Å². The number of carbonyl (C=O) groups excluding carboxylic acids is 1. The molecule has 0 aliphatic carbocycles. The Labute approximate surface area is 136 Å². The molecule has 1 aliphatic heterocycles. The number of aliphatic carboxylic acids is 1. The average molecular weight is 377 g/mol. The van der Waals surface area contributed by atoms with Crippen molar-refractivity contribution in [2.45, 2.75) is 32.0 Å². The Hall–Kier alpha value is -1.11. The molecule has 1 N–H and O–H groups in total. The molecule has 7 heteroatoms. The Balaban J connectivity index is 2.51. The van der Waals surface area contributed by atoms with Crippen molar-refractivity contribution in [1.82, 2.24) is 4.90 Å². The number of halogens is 2. The van der Waals surface area contributed by atoms with E-state index in [4.69, 9.17) is 16.3 Å². The molecule has 2 rings (SSSR count). The van der Waals surface area contributed by atoms with E-state index in [0.717, 1.165) is 0 Å². The highest BCUT2D eigenvalue weighted by Gasteiger charge is 2.43. The zero-order valence-corrected chi connectivity index (χ0v) is 13.9. The van der Waals surface area contributed by atoms with Crippen LogP contribution in [0.4, 0.5) is 0 Å². The molecule has 1 saturated heterocycles. The van der Waals surface area contributed by atoms with Gasteiger partial charge in [-0.25, -0.2) is 4.79 Å². The second kappa shape index (κ2) is 6.34. The predicted molar refractivity (Wildman–Crippen MR) is 81.3 cm³/mol. The van der Waals surface area contributed by atoms with Crippen LogP contribution in [-0.2, 0) is 14.3 Å². The van der Waals surface area contributed by atoms with Crippen LogP contribution in [0.15, 0.2) is 22.7 Å². The molecular weight excluding hydrogens is 362 g/mol. The van der Waals surface area contributed by atoms with E-state index in [0.29, 0.717) is 15.1 Å². The molecule has 1 fully saturated rings. The Morgan fingerprint density at radius 3 is 2.71 bits per heavy atom. The Morgan fingerprint density at radius 1 is 1.52 bits per heavy atom. The summed E-state index contributed by atoms with van der Waals surface area (Å²) >= 11 is 9.29. The molecule has 0 aromatic heterocycles. The summed E-state index contributed by atoms with van der Waals surface area (Å²) < 4.78 is 5.88. The van der Waals surface area contributed by atoms with E-state index in [1.807, 2.05) is 13.8 Å². The van der Waals surface area contributed by atoms with Gasteiger partial charge in [0.05, 0.1) is 11.1 Å². The van der Waals surface area contributed by atoms with Crippen LogP contribution in [0, 0.1) is 0 Å². The summed E-state index contributed by atoms with van der Waals surface area (Å²) in [4.78, 5) is 25.1. The number of hydrogen-bond acceptors (Lipinski definition) is 3. The van der Waals surface area contributed by atoms with Crippen LogP contribution >= 0.6 is 27.5 Å². The molecule has 0 bridgehead atoms. The standard InChI is InChI=1S/C14H15BrClNO4/c1-7(2)17-11(18)6-21-13(14(19)20)12(17)8-3-4-10(16)9(15)5-8/h3-5,7,12-13H,6H2,1-2H3,(H,19,20). The van der Waals surface area contributed by atoms with Crippen LogP contribution < -0.4 is 0 Å². The fourth-order valence-corrected chi connectivity index (χ4v) is 2.99. The lowest BCUT2D eigenvalue weighted by Gasteiger charge is -2.42. The Kier molecular flexibility index (Phi) is 4.91. The van der Waals surface area contributed by atoms with Gasteiger partial charge in [0.25, 0.3) is 0 Å². The third-order valence-corrected chi connectivity index (χ3v) is 4.56. The molecular formula is C14H15BrClNO4. The van der Waals surface area contributed by atoms with Crippen LogP contribution in [0.2, 0.25) is 5.02 Å². The largest absolute Gasteiger partial charge is 0.479 e. The first-order chi connectivity index (χ1) is 9.82. The quantitative estimate of drug-likeness (QED) is 0.881. The van der Waals surface area contributed by atoms with E-state index < -0.39 is 18.1 Å². The number of hydrogen-bond donors (Lipinski definition) is 1. The molecule has 114 valence electrons. The number of benzene rings is 1. The number of carboxylic acids is 1. The van der Waals surface area contributed by atoms with Gasteiger partial charge in [-0.15, -0.1) is 0 Å². The highest BCUT2D eigenvalue weighted by molar-refractivity contribution is 9.10. The van der Waals surface area contributed by atoms with Gasteiger partial charge in [0.1, 0.15) is 6.61 Å². The van der Waals surface area contributed by atoms with E-state index >= 15 is 0 Å². The molecule has 2 atom stereocenters. The minimum absolute atomic E-state index is 0.136. The van der Waals surface area contributed by atoms with E-state index in [1.165, 1.54) is 0 Å². The maximum absolute atomic E-state index is 12.1. The molecule has 1 heterocycles. The third-order valence-electron chi connectivity index (χ3n) is 3.35. The lowest BCUT2D eigenvalue weighted by Crippen LogP contribution is -2.54. The molecule has 0 radical (unpaired) electrons. The fourth-order valence-electron chi connectivity index (χ4n) is 2.48. The maximum atomic E-state index is 12.1. The van der Waals surface area contributed by atoms with E-state index in [2.05, 4.69) is 15.9 Å². The predicted octanol–water partition coefficient (Wildman–Crippen LogP) is 2.86. The first-order valence-electron chi connectivity index (χ1n) is 6.43. The van der Waals surface area contributed by atoms with Gasteiger partial charge in [0.15, 0.2) is 6.10 Å². The second-order valence-corrected chi connectivity index (χ2v) is 6.34. The first kappa shape index (κ1) is 16.3. The maximum Gasteiger partial charge on any atom is 0.335 e. The van der Waals surface area contributed by atoms with Gasteiger partial charge in [0, 0.05) is 10.5 Å². The molecule has 1 aliphatic rings. The first-order valence-corrected chi connectivity index (χ1v) is 7.60. The number of morpholine rings is 1. The molecule has 0 saturated carbocycles. The summed E-state index contributed by atoms with van der Waals surface area (Å²) in [7, 11) is 0. The van der Waals surface area contributed by atoms with Crippen molar-refractivity contribution >= 4 is 39.4 Å². The second-order valence-electron chi connectivity index (χ2n) is 5.08. The van der Waals surface area contributed by atoms with E-state index in [-0.39, 0.29) is 18.6 Å². The summed E-state index contributed by atoms with van der Waals surface area (Å²) in [5, 5.41) is 9.90. The Morgan fingerprint density at radius 2 is 2.19 bits per heavy atom. The molecule has 2 unspecified atom stereocenters. The Bertz CT molecular complexity index is 578. The number of ether oxygens (including phenoxy) is 1. The average Bonchev–Trinajstić information content (AvgIpc) is 2.40. The van der Waals surface area contributed by atoms with Crippen LogP contribution in [-0.4, -0.2) is 40.6 Å². The van der Waals surface area contributed by atoms with Crippen molar-refractivity contribution in [2.75, 3.05) is 6.61 Å². The molecule has 21 heavy (non-hydrogen) atoms. The molecule has 1 aromatic carbocycles. The lowest BCUT2D eigenvalue weighted by atomic mass is 9.96. The number of amides is 1. The van der Waals surface area contributed by atoms with Gasteiger partial charge in [-0.2, -0.15) is 0 Å².